The molecule has 166 valence electrons. The normalized spacial score (nSPS) is 13.2. The van der Waals surface area contributed by atoms with Crippen LogP contribution in [0.25, 0.3) is 0 Å². The molecule has 0 amide bonds. The summed E-state index contributed by atoms with van der Waals surface area (Å²) < 4.78 is 2.43. The molecule has 1 heteroatoms. The predicted octanol–water partition coefficient (Wildman–Crippen LogP) is 7.55. The fourth-order valence-electron chi connectivity index (χ4n) is 5.87. The van der Waals surface area contributed by atoms with Crippen LogP contribution < -0.4 is 0 Å². The molecule has 0 aliphatic heterocycles. The fraction of sp³-hybridized carbons (Fsp3) is 0.387. The zero-order valence-electron chi connectivity index (χ0n) is 21.4. The molecule has 0 nitrogen and oxygen atoms in total. The van der Waals surface area contributed by atoms with Gasteiger partial charge >= 0.3 is 206 Å². The monoisotopic (exact) mass is 592 g/mol. The fourth-order valence-corrected chi connectivity index (χ4v) is 6.96. The van der Waals surface area contributed by atoms with Gasteiger partial charge in [-0.25, -0.2) is 0 Å². The second-order valence-electron chi connectivity index (χ2n) is 10.1. The van der Waals surface area contributed by atoms with Gasteiger partial charge in [-0.3, -0.25) is 0 Å². The SMILES string of the molecule is Cc1cc2c(c(C)c1C)Cc1c(cc(C)c(C)c1C)C2c1c(C)c(C)c(C)c(C)c1[CH]=[W]. The minimum atomic E-state index is 0.299. The summed E-state index contributed by atoms with van der Waals surface area (Å²) in [6.45, 7) is 23.1. The molecule has 0 atom stereocenters. The second-order valence-corrected chi connectivity index (χ2v) is 10.9. The molecule has 1 aliphatic rings. The van der Waals surface area contributed by atoms with Crippen molar-refractivity contribution >= 4 is 4.40 Å². The molecule has 0 bridgehead atoms. The summed E-state index contributed by atoms with van der Waals surface area (Å²) in [5, 5.41) is 0. The molecule has 0 spiro atoms. The van der Waals surface area contributed by atoms with Gasteiger partial charge in [-0.2, -0.15) is 0 Å². The van der Waals surface area contributed by atoms with Crippen molar-refractivity contribution in [1.82, 2.24) is 0 Å². The average Bonchev–Trinajstić information content (AvgIpc) is 2.76. The molecule has 3 aromatic carbocycles. The number of hydrogen-bond donors (Lipinski definition) is 0. The first kappa shape index (κ1) is 23.4. The zero-order chi connectivity index (χ0) is 23.6. The number of hydrogen-bond acceptors (Lipinski definition) is 0. The van der Waals surface area contributed by atoms with Crippen LogP contribution in [0.1, 0.15) is 94.9 Å². The van der Waals surface area contributed by atoms with E-state index in [1.165, 1.54) is 97.2 Å². The second kappa shape index (κ2) is 8.21. The van der Waals surface area contributed by atoms with Crippen LogP contribution in [0.2, 0.25) is 0 Å². The van der Waals surface area contributed by atoms with Gasteiger partial charge in [0.2, 0.25) is 0 Å². The predicted molar refractivity (Wildman–Crippen MR) is 136 cm³/mol. The van der Waals surface area contributed by atoms with Crippen LogP contribution in [0.15, 0.2) is 12.1 Å². The van der Waals surface area contributed by atoms with Crippen molar-refractivity contribution in [3.05, 3.63) is 101 Å². The molecule has 0 radical (unpaired) electrons. The van der Waals surface area contributed by atoms with Gasteiger partial charge in [0.1, 0.15) is 0 Å². The van der Waals surface area contributed by atoms with Crippen LogP contribution in [-0.4, -0.2) is 4.40 Å². The molecule has 0 aromatic heterocycles. The number of benzene rings is 3. The molecule has 0 fully saturated rings. The van der Waals surface area contributed by atoms with E-state index in [0.717, 1.165) is 6.42 Å². The Morgan fingerprint density at radius 2 is 1.03 bits per heavy atom. The number of aryl methyl sites for hydroxylation is 2. The van der Waals surface area contributed by atoms with E-state index in [-0.39, 0.29) is 0 Å². The van der Waals surface area contributed by atoms with E-state index in [1.807, 2.05) is 0 Å². The van der Waals surface area contributed by atoms with Crippen LogP contribution >= 0.6 is 0 Å². The standard InChI is InChI=1S/C31H36.W/c1-15-12-28-26(22(8)17(15)3)14-27-23(9)18(4)16(2)13-29(27)31(28)30-24(10)20(6)19(5)21(7)25(30)11;/h10,12-13,31H,14H2,1-9,11H3;. The first-order valence-corrected chi connectivity index (χ1v) is 13.4. The van der Waals surface area contributed by atoms with Gasteiger partial charge in [-0.1, -0.05) is 0 Å². The van der Waals surface area contributed by atoms with Crippen molar-refractivity contribution in [1.29, 1.82) is 0 Å². The summed E-state index contributed by atoms with van der Waals surface area (Å²) in [7, 11) is 0. The third-order valence-electron chi connectivity index (χ3n) is 8.82. The molecular formula is C31H36W. The van der Waals surface area contributed by atoms with Crippen molar-refractivity contribution in [2.75, 3.05) is 0 Å². The maximum absolute atomic E-state index is 2.51. The topological polar surface area (TPSA) is 0 Å². The van der Waals surface area contributed by atoms with Crippen LogP contribution in [0, 0.1) is 69.2 Å². The van der Waals surface area contributed by atoms with Gasteiger partial charge in [-0.05, 0) is 0 Å². The summed E-state index contributed by atoms with van der Waals surface area (Å²) >= 11 is 1.52. The molecule has 0 saturated carbocycles. The van der Waals surface area contributed by atoms with E-state index in [9.17, 15) is 0 Å². The first-order valence-electron chi connectivity index (χ1n) is 11.8. The van der Waals surface area contributed by atoms with Crippen LogP contribution in [0.4, 0.5) is 0 Å². The van der Waals surface area contributed by atoms with Gasteiger partial charge in [0.05, 0.1) is 0 Å². The molecule has 0 saturated heterocycles. The zero-order valence-corrected chi connectivity index (χ0v) is 24.4. The van der Waals surface area contributed by atoms with Gasteiger partial charge in [0, 0.05) is 0 Å². The molecule has 32 heavy (non-hydrogen) atoms. The Balaban J connectivity index is 2.22. The van der Waals surface area contributed by atoms with Crippen molar-refractivity contribution < 1.29 is 19.4 Å². The van der Waals surface area contributed by atoms with Gasteiger partial charge in [0.25, 0.3) is 0 Å². The van der Waals surface area contributed by atoms with E-state index in [1.54, 1.807) is 11.1 Å². The Hall–Kier alpha value is -1.78. The Morgan fingerprint density at radius 1 is 0.594 bits per heavy atom. The summed E-state index contributed by atoms with van der Waals surface area (Å²) in [6, 6.07) is 5.01. The third-order valence-corrected chi connectivity index (χ3v) is 9.67. The van der Waals surface area contributed by atoms with E-state index in [0.29, 0.717) is 5.92 Å². The molecule has 0 heterocycles. The third kappa shape index (κ3) is 3.25. The van der Waals surface area contributed by atoms with E-state index >= 15 is 0 Å². The Labute approximate surface area is 205 Å². The maximum atomic E-state index is 2.51. The molecular weight excluding hydrogens is 556 g/mol. The van der Waals surface area contributed by atoms with Gasteiger partial charge in [-0.15, -0.1) is 0 Å². The summed E-state index contributed by atoms with van der Waals surface area (Å²) in [6.07, 6.45) is 1.06. The van der Waals surface area contributed by atoms with Crippen LogP contribution in [-0.2, 0) is 25.8 Å². The Kier molecular flexibility index (Phi) is 6.00. The molecule has 3 aromatic rings. The van der Waals surface area contributed by atoms with Gasteiger partial charge < -0.3 is 0 Å². The molecule has 0 N–H and O–H groups in total. The molecule has 0 unspecified atom stereocenters. The molecule has 4 rings (SSSR count). The van der Waals surface area contributed by atoms with Crippen LogP contribution in [0.5, 0.6) is 0 Å². The summed E-state index contributed by atoms with van der Waals surface area (Å²) in [4.78, 5) is 0. The van der Waals surface area contributed by atoms with E-state index in [4.69, 9.17) is 0 Å². The first-order chi connectivity index (χ1) is 15.0. The van der Waals surface area contributed by atoms with Crippen molar-refractivity contribution in [2.24, 2.45) is 0 Å². The molecule has 1 aliphatic carbocycles. The number of fused-ring (bicyclic) bond motifs is 2. The Morgan fingerprint density at radius 3 is 1.47 bits per heavy atom. The van der Waals surface area contributed by atoms with E-state index in [2.05, 4.69) is 85.8 Å². The summed E-state index contributed by atoms with van der Waals surface area (Å²) in [5.74, 6) is 0.299. The minimum absolute atomic E-state index is 0.299. The summed E-state index contributed by atoms with van der Waals surface area (Å²) in [5.41, 5.74) is 23.7. The average molecular weight is 592 g/mol. The number of rotatable bonds is 2. The van der Waals surface area contributed by atoms with Crippen LogP contribution in [0.3, 0.4) is 0 Å². The van der Waals surface area contributed by atoms with Crippen molar-refractivity contribution in [2.45, 2.75) is 81.6 Å². The van der Waals surface area contributed by atoms with Gasteiger partial charge in [0.15, 0.2) is 0 Å². The van der Waals surface area contributed by atoms with E-state index < -0.39 is 0 Å². The van der Waals surface area contributed by atoms with Crippen molar-refractivity contribution in [3.8, 4) is 0 Å². The quantitative estimate of drug-likeness (QED) is 0.226. The Bertz CT molecular complexity index is 1240. The van der Waals surface area contributed by atoms with Crippen molar-refractivity contribution in [3.63, 3.8) is 0 Å².